The Balaban J connectivity index is 1.75. The molecule has 1 saturated carbocycles. The van der Waals surface area contributed by atoms with Crippen LogP contribution in [0.3, 0.4) is 0 Å². The summed E-state index contributed by atoms with van der Waals surface area (Å²) in [4.78, 5) is 5.00. The summed E-state index contributed by atoms with van der Waals surface area (Å²) in [5, 5.41) is 20.5. The highest BCUT2D eigenvalue weighted by Gasteiger charge is 2.33. The molecule has 2 N–H and O–H groups in total. The quantitative estimate of drug-likeness (QED) is 0.758. The summed E-state index contributed by atoms with van der Waals surface area (Å²) in [6, 6.07) is 0.0241. The monoisotopic (exact) mass is 343 g/mol. The fourth-order valence-electron chi connectivity index (χ4n) is 4.86. The minimum atomic E-state index is -0.440. The van der Waals surface area contributed by atoms with Crippen LogP contribution in [0.1, 0.15) is 59.8 Å². The molecule has 6 atom stereocenters. The molecule has 1 heterocycles. The molecule has 0 amide bonds. The molecule has 138 valence electrons. The van der Waals surface area contributed by atoms with Crippen molar-refractivity contribution in [1.82, 2.24) is 0 Å². The highest BCUT2D eigenvalue weighted by molar-refractivity contribution is 5.96. The molecule has 1 aliphatic heterocycles. The molecule has 6 unspecified atom stereocenters. The third kappa shape index (κ3) is 3.92. The molecule has 0 radical (unpaired) electrons. The lowest BCUT2D eigenvalue weighted by atomic mass is 9.74. The van der Waals surface area contributed by atoms with Crippen molar-refractivity contribution in [1.29, 1.82) is 0 Å². The summed E-state index contributed by atoms with van der Waals surface area (Å²) in [7, 11) is 0. The lowest BCUT2D eigenvalue weighted by molar-refractivity contribution is 0.129. The Morgan fingerprint density at radius 2 is 1.96 bits per heavy atom. The molecule has 3 heteroatoms. The van der Waals surface area contributed by atoms with Crippen LogP contribution in [0.4, 0.5) is 0 Å². The van der Waals surface area contributed by atoms with Crippen molar-refractivity contribution in [2.75, 3.05) is 0 Å². The van der Waals surface area contributed by atoms with E-state index in [1.54, 1.807) is 0 Å². The van der Waals surface area contributed by atoms with Gasteiger partial charge in [-0.25, -0.2) is 0 Å². The standard InChI is InChI=1S/C22H33NO2/c1-13-6-5-7-17(10-13)22-20(24)9-8-18(23-22)12-19-14(2)11-21(25)16(4)15(19)3/h8-9,11,13,15,17,19-20,22,24-25H,5-7,10,12H2,1-4H3. The first-order valence-corrected chi connectivity index (χ1v) is 9.87. The van der Waals surface area contributed by atoms with E-state index in [0.29, 0.717) is 23.5 Å². The average molecular weight is 344 g/mol. The van der Waals surface area contributed by atoms with Crippen LogP contribution in [0.25, 0.3) is 0 Å². The first-order valence-electron chi connectivity index (χ1n) is 9.87. The van der Waals surface area contributed by atoms with Gasteiger partial charge in [0.1, 0.15) is 5.76 Å². The molecule has 0 aromatic carbocycles. The van der Waals surface area contributed by atoms with Crippen molar-refractivity contribution >= 4 is 5.71 Å². The average Bonchev–Trinajstić information content (AvgIpc) is 2.58. The number of dihydropyridines is 1. The first-order chi connectivity index (χ1) is 11.9. The maximum atomic E-state index is 10.5. The van der Waals surface area contributed by atoms with Gasteiger partial charge in [-0.1, -0.05) is 38.3 Å². The van der Waals surface area contributed by atoms with E-state index < -0.39 is 6.10 Å². The minimum Gasteiger partial charge on any atom is -0.508 e. The van der Waals surface area contributed by atoms with E-state index in [0.717, 1.165) is 23.6 Å². The largest absolute Gasteiger partial charge is 0.508 e. The lowest BCUT2D eigenvalue weighted by Gasteiger charge is -2.35. The Kier molecular flexibility index (Phi) is 5.52. The van der Waals surface area contributed by atoms with Crippen molar-refractivity contribution < 1.29 is 10.2 Å². The number of aliphatic hydroxyl groups is 2. The summed E-state index contributed by atoms with van der Waals surface area (Å²) in [5.74, 6) is 2.37. The van der Waals surface area contributed by atoms with Gasteiger partial charge in [0.2, 0.25) is 0 Å². The second-order valence-electron chi connectivity index (χ2n) is 8.55. The van der Waals surface area contributed by atoms with Gasteiger partial charge in [0.15, 0.2) is 0 Å². The Labute approximate surface area is 152 Å². The number of nitrogens with zero attached hydrogens (tertiary/aromatic N) is 1. The molecule has 0 spiro atoms. The highest BCUT2D eigenvalue weighted by atomic mass is 16.3. The molecule has 0 aromatic rings. The Bertz CT molecular complexity index is 628. The van der Waals surface area contributed by atoms with Gasteiger partial charge in [-0.05, 0) is 74.5 Å². The number of aliphatic hydroxyl groups excluding tert-OH is 2. The zero-order chi connectivity index (χ0) is 18.1. The molecule has 0 bridgehead atoms. The number of rotatable bonds is 3. The van der Waals surface area contributed by atoms with Crippen molar-refractivity contribution in [3.8, 4) is 0 Å². The molecule has 3 rings (SSSR count). The summed E-state index contributed by atoms with van der Waals surface area (Å²) < 4.78 is 0. The van der Waals surface area contributed by atoms with Crippen LogP contribution in [-0.4, -0.2) is 28.1 Å². The van der Waals surface area contributed by atoms with Gasteiger partial charge in [-0.2, -0.15) is 0 Å². The predicted octanol–water partition coefficient (Wildman–Crippen LogP) is 4.99. The van der Waals surface area contributed by atoms with Crippen molar-refractivity contribution in [3.63, 3.8) is 0 Å². The zero-order valence-corrected chi connectivity index (χ0v) is 16.1. The van der Waals surface area contributed by atoms with Crippen molar-refractivity contribution in [3.05, 3.63) is 35.1 Å². The van der Waals surface area contributed by atoms with E-state index in [2.05, 4.69) is 20.8 Å². The Hall–Kier alpha value is -1.35. The van der Waals surface area contributed by atoms with Crippen LogP contribution in [0.15, 0.2) is 40.1 Å². The Morgan fingerprint density at radius 3 is 2.68 bits per heavy atom. The number of hydrogen-bond donors (Lipinski definition) is 2. The third-order valence-electron chi connectivity index (χ3n) is 6.68. The van der Waals surface area contributed by atoms with Gasteiger partial charge in [-0.15, -0.1) is 0 Å². The molecule has 0 saturated heterocycles. The third-order valence-corrected chi connectivity index (χ3v) is 6.68. The molecule has 0 aromatic heterocycles. The van der Waals surface area contributed by atoms with Crippen LogP contribution in [0, 0.1) is 23.7 Å². The van der Waals surface area contributed by atoms with Crippen LogP contribution >= 0.6 is 0 Å². The number of allylic oxidation sites excluding steroid dienone is 4. The lowest BCUT2D eigenvalue weighted by Crippen LogP contribution is -2.37. The van der Waals surface area contributed by atoms with E-state index in [4.69, 9.17) is 4.99 Å². The van der Waals surface area contributed by atoms with E-state index in [1.807, 2.05) is 25.2 Å². The van der Waals surface area contributed by atoms with Gasteiger partial charge in [0, 0.05) is 5.71 Å². The summed E-state index contributed by atoms with van der Waals surface area (Å²) in [5.41, 5.74) is 3.39. The smallest absolute Gasteiger partial charge is 0.114 e. The predicted molar refractivity (Wildman–Crippen MR) is 104 cm³/mol. The van der Waals surface area contributed by atoms with E-state index in [-0.39, 0.29) is 6.04 Å². The van der Waals surface area contributed by atoms with Crippen LogP contribution in [-0.2, 0) is 0 Å². The summed E-state index contributed by atoms with van der Waals surface area (Å²) in [6.45, 7) is 8.63. The van der Waals surface area contributed by atoms with Gasteiger partial charge >= 0.3 is 0 Å². The number of hydrogen-bond acceptors (Lipinski definition) is 3. The topological polar surface area (TPSA) is 52.8 Å². The summed E-state index contributed by atoms with van der Waals surface area (Å²) in [6.07, 6.45) is 11.2. The maximum absolute atomic E-state index is 10.5. The van der Waals surface area contributed by atoms with Crippen LogP contribution in [0.2, 0.25) is 0 Å². The fourth-order valence-corrected chi connectivity index (χ4v) is 4.86. The van der Waals surface area contributed by atoms with Crippen molar-refractivity contribution in [2.45, 2.75) is 71.9 Å². The molecule has 2 aliphatic carbocycles. The zero-order valence-electron chi connectivity index (χ0n) is 16.1. The molecule has 25 heavy (non-hydrogen) atoms. The van der Waals surface area contributed by atoms with Gasteiger partial charge in [0.05, 0.1) is 12.1 Å². The van der Waals surface area contributed by atoms with Crippen LogP contribution in [0.5, 0.6) is 0 Å². The first kappa shape index (κ1) is 18.4. The SMILES string of the molecule is CC1=CC(O)=C(C)C(C)C1CC1=NC(C2CCCC(C)C2)C(O)C=C1. The van der Waals surface area contributed by atoms with Gasteiger partial charge in [0.25, 0.3) is 0 Å². The molecule has 1 fully saturated rings. The van der Waals surface area contributed by atoms with E-state index in [1.165, 1.54) is 31.3 Å². The van der Waals surface area contributed by atoms with Crippen LogP contribution < -0.4 is 0 Å². The summed E-state index contributed by atoms with van der Waals surface area (Å²) >= 11 is 0. The molecule has 3 nitrogen and oxygen atoms in total. The Morgan fingerprint density at radius 1 is 1.20 bits per heavy atom. The molecular weight excluding hydrogens is 310 g/mol. The number of aliphatic imine (C=N–C) groups is 1. The van der Waals surface area contributed by atoms with Gasteiger partial charge in [-0.3, -0.25) is 4.99 Å². The molecule has 3 aliphatic rings. The fraction of sp³-hybridized carbons (Fsp3) is 0.682. The highest BCUT2D eigenvalue weighted by Crippen LogP contribution is 2.38. The molecular formula is C22H33NO2. The minimum absolute atomic E-state index is 0.0241. The second-order valence-corrected chi connectivity index (χ2v) is 8.55. The second kappa shape index (κ2) is 7.49. The maximum Gasteiger partial charge on any atom is 0.114 e. The normalized spacial score (nSPS) is 39.2. The van der Waals surface area contributed by atoms with E-state index >= 15 is 0 Å². The van der Waals surface area contributed by atoms with Crippen molar-refractivity contribution in [2.24, 2.45) is 28.7 Å². The van der Waals surface area contributed by atoms with E-state index in [9.17, 15) is 10.2 Å². The van der Waals surface area contributed by atoms with Gasteiger partial charge < -0.3 is 10.2 Å².